The third-order valence-corrected chi connectivity index (χ3v) is 4.09. The summed E-state index contributed by atoms with van der Waals surface area (Å²) in [5.41, 5.74) is 3.32. The molecule has 4 rings (SSSR count). The molecule has 1 unspecified atom stereocenters. The average Bonchev–Trinajstić information content (AvgIpc) is 3.20. The second-order valence-electron chi connectivity index (χ2n) is 5.44. The topological polar surface area (TPSA) is 58.2 Å². The van der Waals surface area contributed by atoms with Crippen LogP contribution in [0, 0.1) is 5.82 Å². The van der Waals surface area contributed by atoms with Crippen LogP contribution in [0.4, 0.5) is 10.1 Å². The molecule has 0 saturated carbocycles. The zero-order chi connectivity index (χ0) is 15.8. The fourth-order valence-corrected chi connectivity index (χ4v) is 3.01. The van der Waals surface area contributed by atoms with Gasteiger partial charge in [0.1, 0.15) is 5.82 Å². The summed E-state index contributed by atoms with van der Waals surface area (Å²) in [5.74, 6) is -0.305. The Kier molecular flexibility index (Phi) is 3.31. The number of fused-ring (bicyclic) bond motifs is 1. The van der Waals surface area contributed by atoms with Gasteiger partial charge >= 0.3 is 0 Å². The highest BCUT2D eigenvalue weighted by Gasteiger charge is 2.35. The van der Waals surface area contributed by atoms with Crippen molar-refractivity contribution in [3.63, 3.8) is 0 Å². The van der Waals surface area contributed by atoms with Crippen molar-refractivity contribution in [2.24, 2.45) is 0 Å². The number of ether oxygens (including phenoxy) is 1. The number of anilines is 1. The Morgan fingerprint density at radius 2 is 2.22 bits per heavy atom. The van der Waals surface area contributed by atoms with Gasteiger partial charge in [0, 0.05) is 5.69 Å². The molecule has 2 atom stereocenters. The van der Waals surface area contributed by atoms with E-state index in [1.807, 2.05) is 29.2 Å². The fraction of sp³-hybridized carbons (Fsp3) is 0.176. The molecular weight excluding hydrogens is 297 g/mol. The van der Waals surface area contributed by atoms with Crippen molar-refractivity contribution >= 4 is 23.0 Å². The molecule has 3 aromatic rings. The molecular formula is C17H14FN3O2. The van der Waals surface area contributed by atoms with Crippen molar-refractivity contribution < 1.29 is 13.9 Å². The van der Waals surface area contributed by atoms with E-state index in [0.717, 1.165) is 28.6 Å². The van der Waals surface area contributed by atoms with Gasteiger partial charge in [-0.05, 0) is 35.9 Å². The second-order valence-corrected chi connectivity index (χ2v) is 5.44. The lowest BCUT2D eigenvalue weighted by Crippen LogP contribution is -2.33. The Labute approximate surface area is 131 Å². The smallest absolute Gasteiger partial charge is 0.187 e. The van der Waals surface area contributed by atoms with E-state index in [2.05, 4.69) is 9.97 Å². The van der Waals surface area contributed by atoms with Gasteiger partial charge in [-0.15, -0.1) is 0 Å². The minimum atomic E-state index is -0.691. The van der Waals surface area contributed by atoms with Crippen LogP contribution in [-0.2, 0) is 9.53 Å². The Balaban J connectivity index is 1.78. The Morgan fingerprint density at radius 3 is 3.04 bits per heavy atom. The van der Waals surface area contributed by atoms with Crippen LogP contribution >= 0.6 is 0 Å². The van der Waals surface area contributed by atoms with Gasteiger partial charge in [0.2, 0.25) is 0 Å². The number of carbonyl (C=O) groups excluding carboxylic acids is 1. The molecule has 6 heteroatoms. The number of aromatic nitrogens is 2. The van der Waals surface area contributed by atoms with Crippen LogP contribution in [-0.4, -0.2) is 29.1 Å². The third-order valence-electron chi connectivity index (χ3n) is 4.09. The predicted molar refractivity (Wildman–Crippen MR) is 83.5 cm³/mol. The van der Waals surface area contributed by atoms with Crippen LogP contribution in [0.5, 0.6) is 0 Å². The minimum absolute atomic E-state index is 0.221. The first-order valence-corrected chi connectivity index (χ1v) is 7.30. The van der Waals surface area contributed by atoms with Crippen LogP contribution in [0.2, 0.25) is 0 Å². The summed E-state index contributed by atoms with van der Waals surface area (Å²) in [5, 5.41) is 0. The maximum absolute atomic E-state index is 13.6. The van der Waals surface area contributed by atoms with E-state index in [9.17, 15) is 9.18 Å². The molecule has 2 heterocycles. The van der Waals surface area contributed by atoms with Crippen molar-refractivity contribution in [3.8, 4) is 0 Å². The first kappa shape index (κ1) is 13.9. The van der Waals surface area contributed by atoms with Crippen LogP contribution in [0.15, 0.2) is 48.8 Å². The van der Waals surface area contributed by atoms with Gasteiger partial charge < -0.3 is 14.6 Å². The van der Waals surface area contributed by atoms with Crippen molar-refractivity contribution in [1.29, 1.82) is 0 Å². The van der Waals surface area contributed by atoms with E-state index in [0.29, 0.717) is 6.61 Å². The van der Waals surface area contributed by atoms with Crippen LogP contribution < -0.4 is 4.90 Å². The molecule has 23 heavy (non-hydrogen) atoms. The highest BCUT2D eigenvalue weighted by Crippen LogP contribution is 2.35. The molecule has 1 fully saturated rings. The van der Waals surface area contributed by atoms with Crippen molar-refractivity contribution in [2.75, 3.05) is 11.5 Å². The van der Waals surface area contributed by atoms with Crippen LogP contribution in [0.1, 0.15) is 11.6 Å². The van der Waals surface area contributed by atoms with E-state index in [1.54, 1.807) is 12.4 Å². The number of benzene rings is 2. The third kappa shape index (κ3) is 2.37. The number of halogens is 1. The number of nitrogens with one attached hydrogen (secondary N) is 1. The molecule has 0 spiro atoms. The van der Waals surface area contributed by atoms with Gasteiger partial charge in [0.15, 0.2) is 12.5 Å². The van der Waals surface area contributed by atoms with E-state index in [-0.39, 0.29) is 11.9 Å². The van der Waals surface area contributed by atoms with Crippen molar-refractivity contribution in [1.82, 2.24) is 9.97 Å². The second kappa shape index (κ2) is 5.48. The monoisotopic (exact) mass is 311 g/mol. The molecule has 116 valence electrons. The number of H-pyrrole nitrogens is 1. The first-order chi connectivity index (χ1) is 11.3. The zero-order valence-corrected chi connectivity index (χ0v) is 12.1. The lowest BCUT2D eigenvalue weighted by atomic mass is 10.1. The molecule has 0 aliphatic carbocycles. The summed E-state index contributed by atoms with van der Waals surface area (Å²) >= 11 is 0. The van der Waals surface area contributed by atoms with E-state index in [1.165, 1.54) is 12.1 Å². The summed E-state index contributed by atoms with van der Waals surface area (Å²) in [4.78, 5) is 20.5. The van der Waals surface area contributed by atoms with Gasteiger partial charge in [0.05, 0.1) is 30.0 Å². The average molecular weight is 311 g/mol. The fourth-order valence-electron chi connectivity index (χ4n) is 3.01. The highest BCUT2D eigenvalue weighted by atomic mass is 19.1. The summed E-state index contributed by atoms with van der Waals surface area (Å²) in [6, 6.07) is 11.8. The molecule has 1 aliphatic rings. The largest absolute Gasteiger partial charge is 0.349 e. The molecule has 1 N–H and O–H groups in total. The molecule has 5 nitrogen and oxygen atoms in total. The lowest BCUT2D eigenvalue weighted by Gasteiger charge is -2.28. The minimum Gasteiger partial charge on any atom is -0.349 e. The van der Waals surface area contributed by atoms with Gasteiger partial charge in [-0.1, -0.05) is 12.1 Å². The number of aromatic amines is 1. The van der Waals surface area contributed by atoms with E-state index < -0.39 is 6.23 Å². The van der Waals surface area contributed by atoms with Gasteiger partial charge in [0.25, 0.3) is 0 Å². The van der Waals surface area contributed by atoms with Crippen LogP contribution in [0.3, 0.4) is 0 Å². The number of hydrogen-bond acceptors (Lipinski definition) is 4. The zero-order valence-electron chi connectivity index (χ0n) is 12.1. The molecule has 0 bridgehead atoms. The van der Waals surface area contributed by atoms with E-state index in [4.69, 9.17) is 4.74 Å². The first-order valence-electron chi connectivity index (χ1n) is 7.30. The lowest BCUT2D eigenvalue weighted by molar-refractivity contribution is -0.115. The SMILES string of the molecule is O=CC1OC[C@H](c2cccc(F)c2)N1c1ccc2nc[nH]c2c1. The number of rotatable bonds is 3. The van der Waals surface area contributed by atoms with Gasteiger partial charge in [-0.2, -0.15) is 0 Å². The quantitative estimate of drug-likeness (QED) is 0.756. The van der Waals surface area contributed by atoms with Gasteiger partial charge in [-0.25, -0.2) is 9.37 Å². The van der Waals surface area contributed by atoms with Crippen molar-refractivity contribution in [3.05, 3.63) is 60.2 Å². The number of nitrogens with zero attached hydrogens (tertiary/aromatic N) is 2. The predicted octanol–water partition coefficient (Wildman–Crippen LogP) is 2.80. The number of carbonyl (C=O) groups is 1. The molecule has 1 aliphatic heterocycles. The maximum atomic E-state index is 13.6. The number of hydrogen-bond donors (Lipinski definition) is 1. The summed E-state index contributed by atoms with van der Waals surface area (Å²) < 4.78 is 19.1. The molecule has 1 aromatic heterocycles. The molecule has 2 aromatic carbocycles. The Morgan fingerprint density at radius 1 is 1.30 bits per heavy atom. The summed E-state index contributed by atoms with van der Waals surface area (Å²) in [6.07, 6.45) is 1.69. The summed E-state index contributed by atoms with van der Waals surface area (Å²) in [6.45, 7) is 0.327. The Bertz CT molecular complexity index is 864. The molecule has 1 saturated heterocycles. The Hall–Kier alpha value is -2.73. The normalized spacial score (nSPS) is 21.0. The van der Waals surface area contributed by atoms with Gasteiger partial charge in [-0.3, -0.25) is 4.79 Å². The van der Waals surface area contributed by atoms with Crippen molar-refractivity contribution in [2.45, 2.75) is 12.3 Å². The maximum Gasteiger partial charge on any atom is 0.187 e. The molecule has 0 radical (unpaired) electrons. The standard InChI is InChI=1S/C17H14FN3O2/c18-12-3-1-2-11(6-12)16-9-23-17(8-22)21(16)13-4-5-14-15(7-13)20-10-19-14/h1-8,10,16-17H,9H2,(H,19,20)/t16-,17?/m1/s1. The van der Waals surface area contributed by atoms with E-state index >= 15 is 0 Å². The van der Waals surface area contributed by atoms with Crippen LogP contribution in [0.25, 0.3) is 11.0 Å². The highest BCUT2D eigenvalue weighted by molar-refractivity contribution is 5.80. The number of aldehydes is 1. The summed E-state index contributed by atoms with van der Waals surface area (Å²) in [7, 11) is 0. The molecule has 0 amide bonds. The number of imidazole rings is 1.